The van der Waals surface area contributed by atoms with Gasteiger partial charge in [-0.05, 0) is 120 Å². The first-order chi connectivity index (χ1) is 24.7. The first kappa shape index (κ1) is 29.7. The van der Waals surface area contributed by atoms with E-state index in [-0.39, 0.29) is 0 Å². The van der Waals surface area contributed by atoms with Crippen LogP contribution in [0.5, 0.6) is 0 Å². The van der Waals surface area contributed by atoms with Crippen molar-refractivity contribution < 1.29 is 0 Å². The van der Waals surface area contributed by atoms with Crippen molar-refractivity contribution in [3.05, 3.63) is 194 Å². The minimum absolute atomic E-state index is 1.05. The minimum Gasteiger partial charge on any atom is -0.355 e. The van der Waals surface area contributed by atoms with Crippen molar-refractivity contribution in [2.45, 2.75) is 6.92 Å². The van der Waals surface area contributed by atoms with Gasteiger partial charge in [-0.1, -0.05) is 152 Å². The van der Waals surface area contributed by atoms with Gasteiger partial charge in [0.2, 0.25) is 0 Å². The number of rotatable bonds is 6. The lowest BCUT2D eigenvalue weighted by Crippen LogP contribution is -1.96. The third-order valence-corrected chi connectivity index (χ3v) is 9.95. The Kier molecular flexibility index (Phi) is 7.44. The summed E-state index contributed by atoms with van der Waals surface area (Å²) < 4.78 is 0. The van der Waals surface area contributed by atoms with Gasteiger partial charge in [-0.15, -0.1) is 0 Å². The summed E-state index contributed by atoms with van der Waals surface area (Å²) in [4.78, 5) is 0. The summed E-state index contributed by atoms with van der Waals surface area (Å²) in [6.07, 6.45) is 0. The largest absolute Gasteiger partial charge is 0.355 e. The average Bonchev–Trinajstić information content (AvgIpc) is 3.18. The molecule has 0 saturated heterocycles. The molecule has 0 spiro atoms. The van der Waals surface area contributed by atoms with E-state index in [0.29, 0.717) is 0 Å². The first-order valence-electron chi connectivity index (χ1n) is 17.3. The van der Waals surface area contributed by atoms with E-state index in [1.165, 1.54) is 82.4 Å². The molecule has 9 rings (SSSR count). The molecule has 0 bridgehead atoms. The highest BCUT2D eigenvalue weighted by molar-refractivity contribution is 6.25. The molecule has 9 aromatic carbocycles. The molecule has 0 heterocycles. The van der Waals surface area contributed by atoms with Crippen molar-refractivity contribution in [2.24, 2.45) is 0 Å². The Morgan fingerprint density at radius 1 is 0.300 bits per heavy atom. The number of benzene rings is 9. The SMILES string of the molecule is Cc1ccccc1-c1ccccc1Nc1cc(-c2ccccc2)cc(-c2cccc(-c3ccc4c5ccccc5c5ccccc5c4c3)c2)c1. The maximum absolute atomic E-state index is 3.82. The summed E-state index contributed by atoms with van der Waals surface area (Å²) in [7, 11) is 0. The molecule has 1 nitrogen and oxygen atoms in total. The van der Waals surface area contributed by atoms with Crippen LogP contribution in [0.25, 0.3) is 76.8 Å². The van der Waals surface area contributed by atoms with Crippen LogP contribution in [0.3, 0.4) is 0 Å². The van der Waals surface area contributed by atoms with E-state index in [2.05, 4.69) is 200 Å². The van der Waals surface area contributed by atoms with Crippen molar-refractivity contribution in [1.82, 2.24) is 0 Å². The molecule has 0 aliphatic heterocycles. The fourth-order valence-corrected chi connectivity index (χ4v) is 7.49. The second-order valence-corrected chi connectivity index (χ2v) is 13.1. The molecule has 0 unspecified atom stereocenters. The highest BCUT2D eigenvalue weighted by Crippen LogP contribution is 2.39. The van der Waals surface area contributed by atoms with E-state index < -0.39 is 0 Å². The minimum atomic E-state index is 1.05. The summed E-state index contributed by atoms with van der Waals surface area (Å²) in [6.45, 7) is 2.17. The van der Waals surface area contributed by atoms with E-state index in [0.717, 1.165) is 11.4 Å². The van der Waals surface area contributed by atoms with Gasteiger partial charge in [-0.3, -0.25) is 0 Å². The van der Waals surface area contributed by atoms with Gasteiger partial charge in [0.25, 0.3) is 0 Å². The molecule has 0 aliphatic carbocycles. The van der Waals surface area contributed by atoms with Crippen LogP contribution in [-0.2, 0) is 0 Å². The molecular weight excluding hydrogens is 603 g/mol. The maximum Gasteiger partial charge on any atom is 0.0464 e. The number of hydrogen-bond acceptors (Lipinski definition) is 1. The predicted molar refractivity (Wildman–Crippen MR) is 215 cm³/mol. The Morgan fingerprint density at radius 3 is 1.48 bits per heavy atom. The lowest BCUT2D eigenvalue weighted by Gasteiger charge is -2.17. The maximum atomic E-state index is 3.82. The first-order valence-corrected chi connectivity index (χ1v) is 17.3. The molecule has 1 N–H and O–H groups in total. The van der Waals surface area contributed by atoms with E-state index in [9.17, 15) is 0 Å². The lowest BCUT2D eigenvalue weighted by molar-refractivity contribution is 1.45. The molecule has 1 heteroatoms. The van der Waals surface area contributed by atoms with Crippen molar-refractivity contribution >= 4 is 43.7 Å². The smallest absolute Gasteiger partial charge is 0.0464 e. The summed E-state index contributed by atoms with van der Waals surface area (Å²) in [6, 6.07) is 68.1. The Bertz CT molecular complexity index is 2650. The van der Waals surface area contributed by atoms with Crippen LogP contribution < -0.4 is 5.32 Å². The molecule has 236 valence electrons. The van der Waals surface area contributed by atoms with Crippen LogP contribution in [-0.4, -0.2) is 0 Å². The van der Waals surface area contributed by atoms with Crippen molar-refractivity contribution in [3.8, 4) is 44.5 Å². The molecule has 0 saturated carbocycles. The van der Waals surface area contributed by atoms with Crippen LogP contribution in [0, 0.1) is 6.92 Å². The summed E-state index contributed by atoms with van der Waals surface area (Å²) in [5, 5.41) is 11.6. The third-order valence-electron chi connectivity index (χ3n) is 9.95. The third kappa shape index (κ3) is 5.40. The molecule has 0 atom stereocenters. The van der Waals surface area contributed by atoms with Gasteiger partial charge in [-0.2, -0.15) is 0 Å². The van der Waals surface area contributed by atoms with Crippen LogP contribution >= 0.6 is 0 Å². The number of fused-ring (bicyclic) bond motifs is 6. The number of hydrogen-bond donors (Lipinski definition) is 1. The molecule has 50 heavy (non-hydrogen) atoms. The van der Waals surface area contributed by atoms with Crippen LogP contribution in [0.1, 0.15) is 5.56 Å². The highest BCUT2D eigenvalue weighted by Gasteiger charge is 2.13. The van der Waals surface area contributed by atoms with Crippen molar-refractivity contribution in [2.75, 3.05) is 5.32 Å². The zero-order valence-corrected chi connectivity index (χ0v) is 27.9. The summed E-state index contributed by atoms with van der Waals surface area (Å²) in [5.41, 5.74) is 12.9. The molecule has 0 aromatic heterocycles. The second-order valence-electron chi connectivity index (χ2n) is 13.1. The van der Waals surface area contributed by atoms with Crippen molar-refractivity contribution in [3.63, 3.8) is 0 Å². The van der Waals surface area contributed by atoms with Crippen LogP contribution in [0.15, 0.2) is 188 Å². The zero-order valence-electron chi connectivity index (χ0n) is 27.9. The average molecular weight is 638 g/mol. The zero-order chi connectivity index (χ0) is 33.4. The molecule has 9 aromatic rings. The fourth-order valence-electron chi connectivity index (χ4n) is 7.49. The van der Waals surface area contributed by atoms with Crippen LogP contribution in [0.4, 0.5) is 11.4 Å². The topological polar surface area (TPSA) is 12.0 Å². The molecule has 0 aliphatic rings. The summed E-state index contributed by atoms with van der Waals surface area (Å²) in [5.74, 6) is 0. The molecular formula is C49H35N. The molecule has 0 fully saturated rings. The number of para-hydroxylation sites is 1. The Labute approximate surface area is 293 Å². The fraction of sp³-hybridized carbons (Fsp3) is 0.0204. The molecule has 0 amide bonds. The van der Waals surface area contributed by atoms with Gasteiger partial charge in [0.15, 0.2) is 0 Å². The monoisotopic (exact) mass is 637 g/mol. The van der Waals surface area contributed by atoms with E-state index in [1.54, 1.807) is 0 Å². The Morgan fingerprint density at radius 2 is 0.780 bits per heavy atom. The van der Waals surface area contributed by atoms with Gasteiger partial charge in [-0.25, -0.2) is 0 Å². The van der Waals surface area contributed by atoms with Gasteiger partial charge in [0.1, 0.15) is 0 Å². The Balaban J connectivity index is 1.16. The lowest BCUT2D eigenvalue weighted by atomic mass is 9.91. The van der Waals surface area contributed by atoms with E-state index in [1.807, 2.05) is 0 Å². The van der Waals surface area contributed by atoms with Crippen molar-refractivity contribution in [1.29, 1.82) is 0 Å². The molecule has 0 radical (unpaired) electrons. The Hall–Kier alpha value is -6.44. The standard InChI is InChI=1S/C49H35N/c1-33-14-5-6-19-41(33)47-24-11-12-25-49(47)50-40-30-38(34-15-3-2-4-16-34)29-39(31-40)36-18-13-17-35(28-36)37-26-27-46-44-22-8-7-20-42(44)43-21-9-10-23-45(43)48(46)32-37/h2-32,50H,1H3. The quantitative estimate of drug-likeness (QED) is 0.179. The highest BCUT2D eigenvalue weighted by atomic mass is 14.9. The number of aryl methyl sites for hydroxylation is 1. The van der Waals surface area contributed by atoms with Gasteiger partial charge in [0, 0.05) is 16.9 Å². The normalized spacial score (nSPS) is 11.3. The number of anilines is 2. The number of nitrogens with one attached hydrogen (secondary N) is 1. The van der Waals surface area contributed by atoms with Gasteiger partial charge < -0.3 is 5.32 Å². The van der Waals surface area contributed by atoms with Crippen LogP contribution in [0.2, 0.25) is 0 Å². The predicted octanol–water partition coefficient (Wildman–Crippen LogP) is 13.9. The van der Waals surface area contributed by atoms with Gasteiger partial charge >= 0.3 is 0 Å². The summed E-state index contributed by atoms with van der Waals surface area (Å²) >= 11 is 0. The second kappa shape index (κ2) is 12.5. The van der Waals surface area contributed by atoms with Gasteiger partial charge in [0.05, 0.1) is 0 Å². The van der Waals surface area contributed by atoms with E-state index in [4.69, 9.17) is 0 Å². The van der Waals surface area contributed by atoms with E-state index >= 15 is 0 Å².